The molecule has 4 N–H and O–H groups in total. The van der Waals surface area contributed by atoms with E-state index < -0.39 is 0 Å². The van der Waals surface area contributed by atoms with E-state index >= 15 is 0 Å². The molecule has 6 rings (SSSR count). The highest BCUT2D eigenvalue weighted by Gasteiger charge is 2.13. The number of benzene rings is 3. The maximum atomic E-state index is 6.35. The fourth-order valence-electron chi connectivity index (χ4n) is 4.46. The number of imidazole rings is 1. The van der Waals surface area contributed by atoms with E-state index in [-0.39, 0.29) is 0 Å². The van der Waals surface area contributed by atoms with E-state index in [1.165, 1.54) is 11.1 Å². The van der Waals surface area contributed by atoms with Gasteiger partial charge >= 0.3 is 0 Å². The zero-order valence-electron chi connectivity index (χ0n) is 17.6. The Hall–Kier alpha value is -3.96. The van der Waals surface area contributed by atoms with Crippen LogP contribution in [0.2, 0.25) is 0 Å². The Morgan fingerprint density at radius 2 is 1.66 bits per heavy atom. The molecule has 3 aromatic carbocycles. The van der Waals surface area contributed by atoms with E-state index in [1.54, 1.807) is 0 Å². The summed E-state index contributed by atoms with van der Waals surface area (Å²) in [6.07, 6.45) is 4.47. The fourth-order valence-corrected chi connectivity index (χ4v) is 4.46. The van der Waals surface area contributed by atoms with Crippen LogP contribution >= 0.6 is 0 Å². The number of nitrogens with zero attached hydrogens (tertiary/aromatic N) is 2. The highest BCUT2D eigenvalue weighted by Crippen LogP contribution is 2.30. The van der Waals surface area contributed by atoms with Gasteiger partial charge in [0.05, 0.1) is 11.0 Å². The van der Waals surface area contributed by atoms with E-state index in [4.69, 9.17) is 10.7 Å². The first-order valence-electron chi connectivity index (χ1n) is 10.8. The minimum absolute atomic E-state index is 0.641. The number of para-hydroxylation sites is 1. The molecule has 0 saturated carbocycles. The summed E-state index contributed by atoms with van der Waals surface area (Å²) in [6, 6.07) is 23.3. The minimum atomic E-state index is 0.641. The SMILES string of the molecule is Nc1ccc2cc1Cc1nc3c(cccc3[nH]1)-c1cccc(c1)CNCc1cncc-2c1. The molecule has 0 saturated heterocycles. The van der Waals surface area contributed by atoms with Gasteiger partial charge in [0.15, 0.2) is 0 Å². The second kappa shape index (κ2) is 7.62. The lowest BCUT2D eigenvalue weighted by Crippen LogP contribution is -2.13. The Balaban J connectivity index is 1.53. The number of nitrogens with one attached hydrogen (secondary N) is 2. The maximum absolute atomic E-state index is 6.35. The number of nitrogens with two attached hydrogens (primary N) is 1. The van der Waals surface area contributed by atoms with Crippen LogP contribution in [0.25, 0.3) is 33.3 Å². The molecule has 0 atom stereocenters. The molecule has 0 fully saturated rings. The van der Waals surface area contributed by atoms with Gasteiger partial charge in [-0.1, -0.05) is 36.4 Å². The van der Waals surface area contributed by atoms with E-state index in [0.29, 0.717) is 6.42 Å². The summed E-state index contributed by atoms with van der Waals surface area (Å²) in [5.74, 6) is 0.908. The lowest BCUT2D eigenvalue weighted by molar-refractivity contribution is 0.692. The van der Waals surface area contributed by atoms with Crippen molar-refractivity contribution >= 4 is 16.7 Å². The Bertz CT molecular complexity index is 1450. The summed E-state index contributed by atoms with van der Waals surface area (Å²) in [7, 11) is 0. The van der Waals surface area contributed by atoms with Gasteiger partial charge in [-0.3, -0.25) is 4.98 Å². The molecule has 32 heavy (non-hydrogen) atoms. The molecule has 3 heterocycles. The zero-order valence-corrected chi connectivity index (χ0v) is 17.6. The predicted molar refractivity (Wildman–Crippen MR) is 129 cm³/mol. The van der Waals surface area contributed by atoms with Crippen LogP contribution in [0.4, 0.5) is 5.69 Å². The third-order valence-electron chi connectivity index (χ3n) is 6.09. The minimum Gasteiger partial charge on any atom is -0.398 e. The van der Waals surface area contributed by atoms with Gasteiger partial charge in [0.2, 0.25) is 0 Å². The predicted octanol–water partition coefficient (Wildman–Crippen LogP) is 5.07. The molecule has 0 aliphatic carbocycles. The first-order chi connectivity index (χ1) is 15.7. The fraction of sp³-hybridized carbons (Fsp3) is 0.111. The van der Waals surface area contributed by atoms with Crippen LogP contribution in [0, 0.1) is 0 Å². The van der Waals surface area contributed by atoms with Gasteiger partial charge in [-0.25, -0.2) is 4.98 Å². The first kappa shape index (κ1) is 18.8. The van der Waals surface area contributed by atoms with Crippen molar-refractivity contribution in [2.45, 2.75) is 19.5 Å². The number of pyridine rings is 1. The van der Waals surface area contributed by atoms with Crippen molar-refractivity contribution in [2.24, 2.45) is 0 Å². The molecule has 1 aliphatic rings. The zero-order chi connectivity index (χ0) is 21.5. The van der Waals surface area contributed by atoms with Gasteiger partial charge in [-0.15, -0.1) is 0 Å². The number of aromatic nitrogens is 3. The molecule has 5 nitrogen and oxygen atoms in total. The van der Waals surface area contributed by atoms with Crippen LogP contribution in [0.15, 0.2) is 79.1 Å². The summed E-state index contributed by atoms with van der Waals surface area (Å²) >= 11 is 0. The molecule has 2 aromatic heterocycles. The van der Waals surface area contributed by atoms with Gasteiger partial charge < -0.3 is 16.0 Å². The van der Waals surface area contributed by atoms with Crippen LogP contribution in [-0.2, 0) is 19.5 Å². The molecule has 0 radical (unpaired) electrons. The van der Waals surface area contributed by atoms with Gasteiger partial charge in [0.25, 0.3) is 0 Å². The monoisotopic (exact) mass is 417 g/mol. The molecular weight excluding hydrogens is 394 g/mol. The third-order valence-corrected chi connectivity index (χ3v) is 6.09. The second-order valence-corrected chi connectivity index (χ2v) is 8.36. The van der Waals surface area contributed by atoms with Crippen molar-refractivity contribution in [2.75, 3.05) is 5.73 Å². The first-order valence-corrected chi connectivity index (χ1v) is 10.8. The normalized spacial score (nSPS) is 13.2. The number of hydrogen-bond acceptors (Lipinski definition) is 4. The van der Waals surface area contributed by atoms with Crippen LogP contribution < -0.4 is 11.1 Å². The van der Waals surface area contributed by atoms with E-state index in [1.807, 2.05) is 18.5 Å². The summed E-state index contributed by atoms with van der Waals surface area (Å²) in [5.41, 5.74) is 17.1. The maximum Gasteiger partial charge on any atom is 0.111 e. The Morgan fingerprint density at radius 1 is 0.781 bits per heavy atom. The number of H-pyrrole nitrogens is 1. The number of fused-ring (bicyclic) bond motifs is 9. The Kier molecular flexibility index (Phi) is 4.47. The van der Waals surface area contributed by atoms with Crippen molar-refractivity contribution in [1.82, 2.24) is 20.3 Å². The summed E-state index contributed by atoms with van der Waals surface area (Å²) in [4.78, 5) is 12.9. The molecule has 0 unspecified atom stereocenters. The number of aromatic amines is 1. The van der Waals surface area contributed by atoms with Gasteiger partial charge in [0, 0.05) is 48.7 Å². The topological polar surface area (TPSA) is 79.6 Å². The summed E-state index contributed by atoms with van der Waals surface area (Å²) < 4.78 is 0. The van der Waals surface area contributed by atoms with E-state index in [2.05, 4.69) is 75.9 Å². The molecule has 5 aromatic rings. The highest BCUT2D eigenvalue weighted by atomic mass is 14.9. The molecule has 1 aliphatic heterocycles. The van der Waals surface area contributed by atoms with Crippen molar-refractivity contribution in [3.8, 4) is 22.3 Å². The van der Waals surface area contributed by atoms with Gasteiger partial charge in [-0.2, -0.15) is 0 Å². The molecule has 5 heteroatoms. The molecule has 156 valence electrons. The average molecular weight is 418 g/mol. The van der Waals surface area contributed by atoms with Crippen molar-refractivity contribution in [3.63, 3.8) is 0 Å². The van der Waals surface area contributed by atoms with Crippen molar-refractivity contribution in [3.05, 3.63) is 102 Å². The summed E-state index contributed by atoms with van der Waals surface area (Å²) in [6.45, 7) is 1.54. The van der Waals surface area contributed by atoms with Crippen LogP contribution in [0.3, 0.4) is 0 Å². The lowest BCUT2D eigenvalue weighted by Gasteiger charge is -2.10. The van der Waals surface area contributed by atoms with Crippen LogP contribution in [0.5, 0.6) is 0 Å². The van der Waals surface area contributed by atoms with Crippen LogP contribution in [0.1, 0.15) is 22.5 Å². The third kappa shape index (κ3) is 3.43. The van der Waals surface area contributed by atoms with Gasteiger partial charge in [-0.05, 0) is 58.1 Å². The number of nitrogen functional groups attached to an aromatic ring is 1. The van der Waals surface area contributed by atoms with Crippen LogP contribution in [-0.4, -0.2) is 15.0 Å². The smallest absolute Gasteiger partial charge is 0.111 e. The molecule has 8 bridgehead atoms. The highest BCUT2D eigenvalue weighted by molar-refractivity contribution is 5.92. The second-order valence-electron chi connectivity index (χ2n) is 8.36. The van der Waals surface area contributed by atoms with Crippen molar-refractivity contribution in [1.29, 1.82) is 0 Å². The average Bonchev–Trinajstić information content (AvgIpc) is 3.23. The molecule has 0 amide bonds. The number of anilines is 1. The Labute approximate surface area is 186 Å². The van der Waals surface area contributed by atoms with Crippen molar-refractivity contribution < 1.29 is 0 Å². The van der Waals surface area contributed by atoms with Gasteiger partial charge in [0.1, 0.15) is 5.82 Å². The lowest BCUT2D eigenvalue weighted by atomic mass is 10.0. The molecule has 0 spiro atoms. The number of hydrogen-bond donors (Lipinski definition) is 3. The summed E-state index contributed by atoms with van der Waals surface area (Å²) in [5, 5.41) is 3.56. The van der Waals surface area contributed by atoms with E-state index in [9.17, 15) is 0 Å². The van der Waals surface area contributed by atoms with E-state index in [0.717, 1.165) is 63.5 Å². The molecular formula is C27H23N5. The standard InChI is InChI=1S/C27H23N5/c28-24-8-7-19-11-21(24)12-26-31-25-6-2-5-23(27(25)32-26)20-4-1-3-17(9-20)13-29-14-18-10-22(19)16-30-15-18/h1-11,15-16,29H,12-14,28H2,(H,31,32). The Morgan fingerprint density at radius 3 is 2.62 bits per heavy atom. The largest absolute Gasteiger partial charge is 0.398 e. The quantitative estimate of drug-likeness (QED) is 0.307. The number of rotatable bonds is 0.